The molecule has 0 saturated heterocycles. The molecule has 1 amide bonds. The van der Waals surface area contributed by atoms with Gasteiger partial charge >= 0.3 is 0 Å². The van der Waals surface area contributed by atoms with Crippen LogP contribution in [-0.2, 0) is 16.6 Å². The molecule has 200 valence electrons. The Balaban J connectivity index is 1.60. The van der Waals surface area contributed by atoms with E-state index >= 15 is 0 Å². The minimum absolute atomic E-state index is 0.163. The maximum absolute atomic E-state index is 13.7. The molecule has 0 unspecified atom stereocenters. The number of anilines is 1. The summed E-state index contributed by atoms with van der Waals surface area (Å²) in [6.07, 6.45) is 2.03. The first-order chi connectivity index (χ1) is 18.2. The molecular weight excluding hydrogens is 537 g/mol. The van der Waals surface area contributed by atoms with Crippen molar-refractivity contribution >= 4 is 54.4 Å². The second kappa shape index (κ2) is 12.4. The van der Waals surface area contributed by atoms with Crippen molar-refractivity contribution in [2.24, 2.45) is 0 Å². The number of carbonyl (C=O) groups is 1. The lowest BCUT2D eigenvalue weighted by Gasteiger charge is -2.23. The Morgan fingerprint density at radius 2 is 1.68 bits per heavy atom. The molecule has 3 aromatic carbocycles. The summed E-state index contributed by atoms with van der Waals surface area (Å²) < 4.78 is 29.2. The van der Waals surface area contributed by atoms with Gasteiger partial charge in [-0.05, 0) is 68.4 Å². The zero-order valence-electron chi connectivity index (χ0n) is 22.0. The number of likely N-dealkylation sites (N-methyl/N-ethyl adjacent to an activating group) is 1. The lowest BCUT2D eigenvalue weighted by atomic mass is 10.2. The molecule has 7 nitrogen and oxygen atoms in total. The molecule has 1 aromatic heterocycles. The number of thioether (sulfide) groups is 1. The van der Waals surface area contributed by atoms with Gasteiger partial charge in [0.05, 0.1) is 15.1 Å². The van der Waals surface area contributed by atoms with Gasteiger partial charge in [0, 0.05) is 36.6 Å². The summed E-state index contributed by atoms with van der Waals surface area (Å²) in [4.78, 5) is 23.4. The molecule has 0 N–H and O–H groups in total. The largest absolute Gasteiger partial charge is 0.308 e. The number of benzene rings is 3. The Morgan fingerprint density at radius 1 is 0.974 bits per heavy atom. The number of amides is 1. The van der Waals surface area contributed by atoms with Gasteiger partial charge in [-0.3, -0.25) is 9.69 Å². The molecule has 0 aliphatic carbocycles. The lowest BCUT2D eigenvalue weighted by molar-refractivity contribution is 0.0985. The van der Waals surface area contributed by atoms with Gasteiger partial charge in [0.25, 0.3) is 5.91 Å². The maximum atomic E-state index is 13.7. The topological polar surface area (TPSA) is 73.8 Å². The highest BCUT2D eigenvalue weighted by atomic mass is 32.2. The monoisotopic (exact) mass is 568 g/mol. The summed E-state index contributed by atoms with van der Waals surface area (Å²) in [5.74, 6) is -0.212. The van der Waals surface area contributed by atoms with Gasteiger partial charge in [-0.2, -0.15) is 4.31 Å². The van der Waals surface area contributed by atoms with Crippen LogP contribution in [-0.4, -0.2) is 68.5 Å². The number of hydrogen-bond acceptors (Lipinski definition) is 7. The van der Waals surface area contributed by atoms with Crippen LogP contribution in [0.25, 0.3) is 10.2 Å². The number of hydrogen-bond donors (Lipinski definition) is 0. The van der Waals surface area contributed by atoms with Gasteiger partial charge in [0.2, 0.25) is 10.0 Å². The van der Waals surface area contributed by atoms with Gasteiger partial charge in [-0.1, -0.05) is 48.6 Å². The summed E-state index contributed by atoms with van der Waals surface area (Å²) in [5, 5.41) is 0.627. The first kappa shape index (κ1) is 28.3. The van der Waals surface area contributed by atoms with Crippen molar-refractivity contribution in [2.75, 3.05) is 44.9 Å². The summed E-state index contributed by atoms with van der Waals surface area (Å²) in [6, 6.07) is 21.8. The molecule has 1 heterocycles. The van der Waals surface area contributed by atoms with E-state index in [0.717, 1.165) is 20.7 Å². The molecular formula is C28H32N4O3S3. The molecule has 10 heteroatoms. The Morgan fingerprint density at radius 3 is 2.32 bits per heavy atom. The van der Waals surface area contributed by atoms with E-state index in [1.54, 1.807) is 28.8 Å². The van der Waals surface area contributed by atoms with Crippen molar-refractivity contribution in [1.29, 1.82) is 0 Å². The molecule has 0 spiro atoms. The maximum Gasteiger partial charge on any atom is 0.260 e. The van der Waals surface area contributed by atoms with E-state index < -0.39 is 10.0 Å². The minimum Gasteiger partial charge on any atom is -0.308 e. The fourth-order valence-electron chi connectivity index (χ4n) is 3.95. The molecule has 4 aromatic rings. The number of aromatic nitrogens is 1. The quantitative estimate of drug-likeness (QED) is 0.225. The lowest BCUT2D eigenvalue weighted by Crippen LogP contribution is -2.36. The van der Waals surface area contributed by atoms with Crippen molar-refractivity contribution < 1.29 is 13.2 Å². The standard InChI is InChI=1S/C28H32N4O3S3/c1-5-31(20-21-9-7-6-8-10-21)38(34,35)24-14-11-22(12-15-24)27(33)32(18-17-30(2)3)28-29-25-16-13-23(36-4)19-26(25)37-28/h6-16,19H,5,17-18,20H2,1-4H3. The highest BCUT2D eigenvalue weighted by molar-refractivity contribution is 7.98. The number of rotatable bonds is 11. The van der Waals surface area contributed by atoms with Crippen LogP contribution in [0.1, 0.15) is 22.8 Å². The molecule has 0 bridgehead atoms. The number of carbonyl (C=O) groups excluding carboxylic acids is 1. The number of fused-ring (bicyclic) bond motifs is 1. The Kier molecular flexibility index (Phi) is 9.22. The van der Waals surface area contributed by atoms with E-state index in [9.17, 15) is 13.2 Å². The second-order valence-electron chi connectivity index (χ2n) is 9.03. The highest BCUT2D eigenvalue weighted by Crippen LogP contribution is 2.32. The predicted octanol–water partition coefficient (Wildman–Crippen LogP) is 5.44. The Bertz CT molecular complexity index is 1490. The number of nitrogens with zero attached hydrogens (tertiary/aromatic N) is 4. The molecule has 0 saturated carbocycles. The second-order valence-corrected chi connectivity index (χ2v) is 12.9. The van der Waals surface area contributed by atoms with Crippen LogP contribution in [0, 0.1) is 0 Å². The van der Waals surface area contributed by atoms with Gasteiger partial charge in [0.15, 0.2) is 5.13 Å². The SMILES string of the molecule is CCN(Cc1ccccc1)S(=O)(=O)c1ccc(C(=O)N(CCN(C)C)c2nc3ccc(SC)cc3s2)cc1. The van der Waals surface area contributed by atoms with Crippen molar-refractivity contribution in [3.63, 3.8) is 0 Å². The van der Waals surface area contributed by atoms with E-state index in [2.05, 4.69) is 6.07 Å². The first-order valence-electron chi connectivity index (χ1n) is 12.3. The first-order valence-corrected chi connectivity index (χ1v) is 15.8. The summed E-state index contributed by atoms with van der Waals surface area (Å²) in [5.41, 5.74) is 2.18. The zero-order valence-corrected chi connectivity index (χ0v) is 24.4. The van der Waals surface area contributed by atoms with Crippen LogP contribution >= 0.6 is 23.1 Å². The molecule has 0 atom stereocenters. The van der Waals surface area contributed by atoms with Gasteiger partial charge in [-0.25, -0.2) is 13.4 Å². The Labute approximate surface area is 233 Å². The van der Waals surface area contributed by atoms with Crippen molar-refractivity contribution in [2.45, 2.75) is 23.3 Å². The van der Waals surface area contributed by atoms with Crippen molar-refractivity contribution in [1.82, 2.24) is 14.2 Å². The van der Waals surface area contributed by atoms with Crippen molar-refractivity contribution in [3.05, 3.63) is 83.9 Å². The fourth-order valence-corrected chi connectivity index (χ4v) is 6.93. The van der Waals surface area contributed by atoms with Gasteiger partial charge in [-0.15, -0.1) is 11.8 Å². The molecule has 0 aliphatic rings. The zero-order chi connectivity index (χ0) is 27.3. The third kappa shape index (κ3) is 6.44. The van der Waals surface area contributed by atoms with Crippen LogP contribution < -0.4 is 4.90 Å². The number of thiazole rings is 1. The highest BCUT2D eigenvalue weighted by Gasteiger charge is 2.25. The number of sulfonamides is 1. The minimum atomic E-state index is -3.72. The summed E-state index contributed by atoms with van der Waals surface area (Å²) >= 11 is 3.15. The normalized spacial score (nSPS) is 11.9. The van der Waals surface area contributed by atoms with E-state index in [4.69, 9.17) is 4.98 Å². The molecule has 0 aliphatic heterocycles. The fraction of sp³-hybridized carbons (Fsp3) is 0.286. The third-order valence-corrected chi connectivity index (χ3v) is 9.83. The van der Waals surface area contributed by atoms with Crippen LogP contribution in [0.2, 0.25) is 0 Å². The molecule has 38 heavy (non-hydrogen) atoms. The summed E-state index contributed by atoms with van der Waals surface area (Å²) in [6.45, 7) is 3.57. The van der Waals surface area contributed by atoms with Gasteiger partial charge in [0.1, 0.15) is 0 Å². The predicted molar refractivity (Wildman–Crippen MR) is 158 cm³/mol. The molecule has 4 rings (SSSR count). The summed E-state index contributed by atoms with van der Waals surface area (Å²) in [7, 11) is 0.197. The smallest absolute Gasteiger partial charge is 0.260 e. The van der Waals surface area contributed by atoms with E-state index in [1.165, 1.54) is 27.8 Å². The molecule has 0 fully saturated rings. The average Bonchev–Trinajstić information content (AvgIpc) is 3.35. The van der Waals surface area contributed by atoms with E-state index in [1.807, 2.05) is 74.6 Å². The van der Waals surface area contributed by atoms with Crippen LogP contribution in [0.5, 0.6) is 0 Å². The van der Waals surface area contributed by atoms with E-state index in [0.29, 0.717) is 30.3 Å². The van der Waals surface area contributed by atoms with E-state index in [-0.39, 0.29) is 17.3 Å². The third-order valence-electron chi connectivity index (χ3n) is 6.12. The van der Waals surface area contributed by atoms with Crippen LogP contribution in [0.4, 0.5) is 5.13 Å². The van der Waals surface area contributed by atoms with Gasteiger partial charge < -0.3 is 4.90 Å². The average molecular weight is 569 g/mol. The molecule has 0 radical (unpaired) electrons. The van der Waals surface area contributed by atoms with Crippen LogP contribution in [0.15, 0.2) is 82.6 Å². The Hall–Kier alpha value is -2.76. The van der Waals surface area contributed by atoms with Crippen LogP contribution in [0.3, 0.4) is 0 Å². The van der Waals surface area contributed by atoms with Crippen molar-refractivity contribution in [3.8, 4) is 0 Å².